The zero-order chi connectivity index (χ0) is 14.1. The Kier molecular flexibility index (Phi) is 3.81. The van der Waals surface area contributed by atoms with Gasteiger partial charge in [0, 0.05) is 16.1 Å². The summed E-state index contributed by atoms with van der Waals surface area (Å²) >= 11 is 3.69. The van der Waals surface area contributed by atoms with Gasteiger partial charge in [0.25, 0.3) is 0 Å². The number of nitrogens with zero attached hydrogens (tertiary/aromatic N) is 2. The summed E-state index contributed by atoms with van der Waals surface area (Å²) in [6, 6.07) is 8.11. The first-order valence-electron chi connectivity index (χ1n) is 6.84. The van der Waals surface area contributed by atoms with Crippen LogP contribution in [0.25, 0.3) is 11.3 Å². The average molecular weight is 336 g/mol. The minimum atomic E-state index is 0.413. The number of aromatic nitrogens is 1. The van der Waals surface area contributed by atoms with Crippen LogP contribution in [0, 0.1) is 0 Å². The maximum atomic E-state index is 5.59. The van der Waals surface area contributed by atoms with E-state index in [0.29, 0.717) is 17.5 Å². The van der Waals surface area contributed by atoms with E-state index in [4.69, 9.17) is 10.3 Å². The van der Waals surface area contributed by atoms with Crippen molar-refractivity contribution in [3.05, 3.63) is 34.3 Å². The molecule has 1 aromatic carbocycles. The maximum absolute atomic E-state index is 5.59. The minimum Gasteiger partial charge on any atom is -0.381 e. The van der Waals surface area contributed by atoms with E-state index in [-0.39, 0.29) is 0 Å². The zero-order valence-corrected chi connectivity index (χ0v) is 13.1. The van der Waals surface area contributed by atoms with E-state index in [1.54, 1.807) is 6.07 Å². The quantitative estimate of drug-likeness (QED) is 0.912. The lowest BCUT2D eigenvalue weighted by Crippen LogP contribution is -2.29. The maximum Gasteiger partial charge on any atom is 0.169 e. The summed E-state index contributed by atoms with van der Waals surface area (Å²) in [4.78, 5) is 2.38. The Morgan fingerprint density at radius 2 is 2.05 bits per heavy atom. The highest BCUT2D eigenvalue weighted by atomic mass is 79.9. The molecule has 0 spiro atoms. The number of anilines is 1. The van der Waals surface area contributed by atoms with Crippen LogP contribution in [-0.4, -0.2) is 30.2 Å². The predicted octanol–water partition coefficient (Wildman–Crippen LogP) is 3.50. The molecule has 0 aliphatic carbocycles. The molecule has 0 bridgehead atoms. The van der Waals surface area contributed by atoms with Crippen molar-refractivity contribution in [1.82, 2.24) is 10.1 Å². The molecule has 20 heavy (non-hydrogen) atoms. The zero-order valence-electron chi connectivity index (χ0n) is 11.5. The van der Waals surface area contributed by atoms with E-state index in [0.717, 1.165) is 23.1 Å². The summed E-state index contributed by atoms with van der Waals surface area (Å²) in [6.07, 6.45) is 2.42. The molecule has 0 saturated carbocycles. The molecule has 3 rings (SSSR count). The second-order valence-corrected chi connectivity index (χ2v) is 6.28. The summed E-state index contributed by atoms with van der Waals surface area (Å²) in [7, 11) is 2.18. The smallest absolute Gasteiger partial charge is 0.169 e. The molecule has 5 heteroatoms. The van der Waals surface area contributed by atoms with Crippen molar-refractivity contribution in [2.75, 3.05) is 25.9 Å². The van der Waals surface area contributed by atoms with Gasteiger partial charge in [0.2, 0.25) is 0 Å². The highest BCUT2D eigenvalue weighted by Gasteiger charge is 2.20. The fourth-order valence-electron chi connectivity index (χ4n) is 2.76. The second-order valence-electron chi connectivity index (χ2n) is 5.43. The van der Waals surface area contributed by atoms with Crippen LogP contribution in [-0.2, 0) is 0 Å². The molecular formula is C15H18BrN3O. The van der Waals surface area contributed by atoms with E-state index in [1.807, 2.05) is 0 Å². The molecule has 1 aliphatic heterocycles. The van der Waals surface area contributed by atoms with Crippen LogP contribution in [0.3, 0.4) is 0 Å². The van der Waals surface area contributed by atoms with Gasteiger partial charge in [0.05, 0.1) is 0 Å². The second kappa shape index (κ2) is 5.58. The van der Waals surface area contributed by atoms with Gasteiger partial charge in [-0.3, -0.25) is 0 Å². The number of rotatable bonds is 2. The van der Waals surface area contributed by atoms with E-state index in [1.165, 1.54) is 18.4 Å². The third-order valence-electron chi connectivity index (χ3n) is 3.97. The van der Waals surface area contributed by atoms with Crippen molar-refractivity contribution < 1.29 is 4.52 Å². The molecule has 0 radical (unpaired) electrons. The van der Waals surface area contributed by atoms with Crippen molar-refractivity contribution in [2.45, 2.75) is 18.8 Å². The van der Waals surface area contributed by atoms with Crippen molar-refractivity contribution >= 4 is 21.7 Å². The fraction of sp³-hybridized carbons (Fsp3) is 0.400. The Morgan fingerprint density at radius 1 is 1.30 bits per heavy atom. The van der Waals surface area contributed by atoms with Gasteiger partial charge in [-0.2, -0.15) is 0 Å². The monoisotopic (exact) mass is 335 g/mol. The van der Waals surface area contributed by atoms with E-state index >= 15 is 0 Å². The van der Waals surface area contributed by atoms with Crippen LogP contribution in [0.4, 0.5) is 5.82 Å². The lowest BCUT2D eigenvalue weighted by atomic mass is 9.89. The van der Waals surface area contributed by atoms with Crippen molar-refractivity contribution in [1.29, 1.82) is 0 Å². The summed E-state index contributed by atoms with van der Waals surface area (Å²) in [6.45, 7) is 2.33. The van der Waals surface area contributed by atoms with Crippen LogP contribution >= 0.6 is 15.9 Å². The minimum absolute atomic E-state index is 0.413. The molecule has 106 valence electrons. The largest absolute Gasteiger partial charge is 0.381 e. The fourth-order valence-corrected chi connectivity index (χ4v) is 3.46. The normalized spacial score (nSPS) is 17.5. The standard InChI is InChI=1S/C15H18BrN3O/c1-19-6-4-10(5-7-19)12-3-2-11(8-13(12)16)14-9-15(17)18-20-14/h2-3,8-10H,4-7H2,1H3,(H2,17,18). The number of piperidine rings is 1. The molecule has 0 unspecified atom stereocenters. The summed E-state index contributed by atoms with van der Waals surface area (Å²) in [5.41, 5.74) is 7.97. The Balaban J connectivity index is 1.84. The van der Waals surface area contributed by atoms with Gasteiger partial charge in [-0.15, -0.1) is 0 Å². The Morgan fingerprint density at radius 3 is 2.65 bits per heavy atom. The van der Waals surface area contributed by atoms with Gasteiger partial charge in [-0.1, -0.05) is 33.2 Å². The molecule has 2 heterocycles. The average Bonchev–Trinajstić information content (AvgIpc) is 2.87. The van der Waals surface area contributed by atoms with Crippen molar-refractivity contribution in [3.8, 4) is 11.3 Å². The van der Waals surface area contributed by atoms with Gasteiger partial charge in [0.15, 0.2) is 11.6 Å². The van der Waals surface area contributed by atoms with Gasteiger partial charge in [-0.05, 0) is 50.5 Å². The summed E-state index contributed by atoms with van der Waals surface area (Å²) in [5.74, 6) is 1.75. The number of nitrogen functional groups attached to an aromatic ring is 1. The van der Waals surface area contributed by atoms with E-state index < -0.39 is 0 Å². The van der Waals surface area contributed by atoms with Crippen LogP contribution < -0.4 is 5.73 Å². The van der Waals surface area contributed by atoms with Crippen LogP contribution in [0.15, 0.2) is 33.3 Å². The molecule has 1 fully saturated rings. The third-order valence-corrected chi connectivity index (χ3v) is 4.66. The molecule has 2 aromatic rings. The first-order chi connectivity index (χ1) is 9.63. The van der Waals surface area contributed by atoms with Gasteiger partial charge >= 0.3 is 0 Å². The number of nitrogens with two attached hydrogens (primary N) is 1. The Bertz CT molecular complexity index is 603. The third kappa shape index (κ3) is 2.74. The number of hydrogen-bond acceptors (Lipinski definition) is 4. The first-order valence-corrected chi connectivity index (χ1v) is 7.63. The summed E-state index contributed by atoms with van der Waals surface area (Å²) in [5, 5.41) is 3.73. The molecule has 1 saturated heterocycles. The van der Waals surface area contributed by atoms with Gasteiger partial charge < -0.3 is 15.2 Å². The first kappa shape index (κ1) is 13.6. The van der Waals surface area contributed by atoms with Gasteiger partial charge in [-0.25, -0.2) is 0 Å². The van der Waals surface area contributed by atoms with Crippen LogP contribution in [0.1, 0.15) is 24.3 Å². The van der Waals surface area contributed by atoms with Crippen molar-refractivity contribution in [2.24, 2.45) is 0 Å². The van der Waals surface area contributed by atoms with Crippen molar-refractivity contribution in [3.63, 3.8) is 0 Å². The highest BCUT2D eigenvalue weighted by Crippen LogP contribution is 2.35. The Labute approximate surface area is 127 Å². The highest BCUT2D eigenvalue weighted by molar-refractivity contribution is 9.10. The number of benzene rings is 1. The molecule has 4 nitrogen and oxygen atoms in total. The topological polar surface area (TPSA) is 55.3 Å². The van der Waals surface area contributed by atoms with Crippen LogP contribution in [0.5, 0.6) is 0 Å². The summed E-state index contributed by atoms with van der Waals surface area (Å²) < 4.78 is 6.34. The SMILES string of the molecule is CN1CCC(c2ccc(-c3cc(N)no3)cc2Br)CC1. The molecule has 0 atom stereocenters. The molecule has 1 aromatic heterocycles. The lowest BCUT2D eigenvalue weighted by molar-refractivity contribution is 0.255. The van der Waals surface area contributed by atoms with E-state index in [9.17, 15) is 0 Å². The van der Waals surface area contributed by atoms with Crippen LogP contribution in [0.2, 0.25) is 0 Å². The predicted molar refractivity (Wildman–Crippen MR) is 83.5 cm³/mol. The number of likely N-dealkylation sites (tertiary alicyclic amines) is 1. The molecule has 1 aliphatic rings. The number of hydrogen-bond donors (Lipinski definition) is 1. The lowest BCUT2D eigenvalue weighted by Gasteiger charge is -2.29. The van der Waals surface area contributed by atoms with Gasteiger partial charge in [0.1, 0.15) is 0 Å². The van der Waals surface area contributed by atoms with E-state index in [2.05, 4.69) is 51.2 Å². The number of halogens is 1. The molecular weight excluding hydrogens is 318 g/mol. The molecule has 2 N–H and O–H groups in total. The molecule has 0 amide bonds. The Hall–Kier alpha value is -1.33.